The van der Waals surface area contributed by atoms with Crippen molar-refractivity contribution in [3.8, 4) is 11.2 Å². The lowest BCUT2D eigenvalue weighted by Crippen LogP contribution is -1.68. The van der Waals surface area contributed by atoms with Gasteiger partial charge in [-0.3, -0.25) is 0 Å². The highest BCUT2D eigenvalue weighted by Crippen LogP contribution is 2.07. The third kappa shape index (κ3) is 4.22. The van der Waals surface area contributed by atoms with Crippen molar-refractivity contribution in [2.75, 3.05) is 0 Å². The van der Waals surface area contributed by atoms with Gasteiger partial charge in [0.25, 0.3) is 0 Å². The van der Waals surface area contributed by atoms with Crippen LogP contribution < -0.4 is 0 Å². The summed E-state index contributed by atoms with van der Waals surface area (Å²) in [5.41, 5.74) is 2.25. The first-order valence-electron chi connectivity index (χ1n) is 5.38. The predicted octanol–water partition coefficient (Wildman–Crippen LogP) is 4.40. The third-order valence-electron chi connectivity index (χ3n) is 2.16. The van der Waals surface area contributed by atoms with Gasteiger partial charge in [-0.25, -0.2) is 0 Å². The average molecular weight is 236 g/mol. The molecule has 2 aromatic rings. The Kier molecular flexibility index (Phi) is 4.51. The van der Waals surface area contributed by atoms with Gasteiger partial charge in [0, 0.05) is 5.56 Å². The van der Waals surface area contributed by atoms with Crippen LogP contribution in [0.1, 0.15) is 11.1 Å². The molecule has 0 aromatic heterocycles. The van der Waals surface area contributed by atoms with E-state index in [-0.39, 0.29) is 0 Å². The van der Waals surface area contributed by atoms with Gasteiger partial charge in [-0.2, -0.15) is 0 Å². The molecule has 0 atom stereocenters. The average Bonchev–Trinajstić information content (AvgIpc) is 2.41. The fourth-order valence-electron chi connectivity index (χ4n) is 1.32. The summed E-state index contributed by atoms with van der Waals surface area (Å²) < 4.78 is 0. The van der Waals surface area contributed by atoms with Gasteiger partial charge in [0.05, 0.1) is 0 Å². The second kappa shape index (κ2) is 6.62. The molecule has 0 saturated heterocycles. The summed E-state index contributed by atoms with van der Waals surface area (Å²) in [5, 5.41) is 5.06. The van der Waals surface area contributed by atoms with E-state index in [0.717, 1.165) is 5.56 Å². The molecular formula is C16H12S. The van der Waals surface area contributed by atoms with Crippen molar-refractivity contribution in [2.45, 2.75) is 0 Å². The fraction of sp³-hybridized carbons (Fsp3) is 0. The zero-order valence-electron chi connectivity index (χ0n) is 9.34. The lowest BCUT2D eigenvalue weighted by Gasteiger charge is -1.88. The van der Waals surface area contributed by atoms with Crippen LogP contribution in [0.2, 0.25) is 0 Å². The standard InChI is InChI=1S/C16H12S/c1-3-7-15(8-4-1)11-13-17-14-12-16-9-5-2-6-10-16/h1-11,13H/b13-11+. The summed E-state index contributed by atoms with van der Waals surface area (Å²) in [5.74, 6) is 3.09. The predicted molar refractivity (Wildman–Crippen MR) is 76.4 cm³/mol. The maximum Gasteiger partial charge on any atom is 0.0254 e. The minimum atomic E-state index is 1.05. The highest BCUT2D eigenvalue weighted by molar-refractivity contribution is 8.06. The summed E-state index contributed by atoms with van der Waals surface area (Å²) in [6, 6.07) is 20.2. The first kappa shape index (κ1) is 11.6. The Labute approximate surface area is 106 Å². The lowest BCUT2D eigenvalue weighted by atomic mass is 10.2. The van der Waals surface area contributed by atoms with E-state index in [4.69, 9.17) is 0 Å². The van der Waals surface area contributed by atoms with Gasteiger partial charge in [-0.1, -0.05) is 54.5 Å². The summed E-state index contributed by atoms with van der Waals surface area (Å²) >= 11 is 1.50. The van der Waals surface area contributed by atoms with E-state index in [1.807, 2.05) is 53.9 Å². The second-order valence-corrected chi connectivity index (χ2v) is 4.14. The number of rotatable bonds is 2. The van der Waals surface area contributed by atoms with Crippen LogP contribution in [-0.2, 0) is 0 Å². The van der Waals surface area contributed by atoms with Gasteiger partial charge in [0.15, 0.2) is 0 Å². The van der Waals surface area contributed by atoms with Crippen LogP contribution in [0, 0.1) is 11.2 Å². The van der Waals surface area contributed by atoms with E-state index < -0.39 is 0 Å². The first-order valence-corrected chi connectivity index (χ1v) is 6.26. The van der Waals surface area contributed by atoms with Gasteiger partial charge in [-0.05, 0) is 46.2 Å². The molecule has 0 aliphatic rings. The quantitative estimate of drug-likeness (QED) is 0.696. The van der Waals surface area contributed by atoms with Crippen molar-refractivity contribution >= 4 is 17.8 Å². The number of hydrogen-bond donors (Lipinski definition) is 0. The monoisotopic (exact) mass is 236 g/mol. The van der Waals surface area contributed by atoms with Gasteiger partial charge >= 0.3 is 0 Å². The molecule has 2 rings (SSSR count). The van der Waals surface area contributed by atoms with Crippen LogP contribution in [0.5, 0.6) is 0 Å². The van der Waals surface area contributed by atoms with Crippen LogP contribution in [0.25, 0.3) is 6.08 Å². The van der Waals surface area contributed by atoms with Crippen molar-refractivity contribution in [2.24, 2.45) is 0 Å². The highest BCUT2D eigenvalue weighted by atomic mass is 32.2. The largest absolute Gasteiger partial charge is 0.0622 e. The molecule has 17 heavy (non-hydrogen) atoms. The molecule has 0 unspecified atom stereocenters. The van der Waals surface area contributed by atoms with E-state index in [1.165, 1.54) is 17.3 Å². The SMILES string of the molecule is C(#Cc1ccccc1)S/C=C/c1ccccc1. The van der Waals surface area contributed by atoms with E-state index in [9.17, 15) is 0 Å². The molecular weight excluding hydrogens is 224 g/mol. The smallest absolute Gasteiger partial charge is 0.0254 e. The molecule has 0 aliphatic carbocycles. The van der Waals surface area contributed by atoms with Crippen molar-refractivity contribution in [3.63, 3.8) is 0 Å². The number of hydrogen-bond acceptors (Lipinski definition) is 1. The summed E-state index contributed by atoms with van der Waals surface area (Å²) in [4.78, 5) is 0. The van der Waals surface area contributed by atoms with E-state index >= 15 is 0 Å². The fourth-order valence-corrected chi connectivity index (χ4v) is 1.79. The minimum Gasteiger partial charge on any atom is -0.0622 e. The molecule has 0 amide bonds. The molecule has 82 valence electrons. The Bertz CT molecular complexity index is 530. The molecule has 0 fully saturated rings. The topological polar surface area (TPSA) is 0 Å². The number of thioether (sulfide) groups is 1. The molecule has 0 nitrogen and oxygen atoms in total. The summed E-state index contributed by atoms with van der Waals surface area (Å²) in [7, 11) is 0. The Morgan fingerprint density at radius 1 is 0.824 bits per heavy atom. The molecule has 0 aliphatic heterocycles. The maximum absolute atomic E-state index is 3.09. The van der Waals surface area contributed by atoms with Gasteiger partial charge in [0.1, 0.15) is 0 Å². The van der Waals surface area contributed by atoms with Gasteiger partial charge in [0.2, 0.25) is 0 Å². The molecule has 0 N–H and O–H groups in total. The van der Waals surface area contributed by atoms with E-state index in [1.54, 1.807) is 0 Å². The molecule has 2 aromatic carbocycles. The Balaban J connectivity index is 1.88. The van der Waals surface area contributed by atoms with Gasteiger partial charge in [-0.15, -0.1) is 0 Å². The van der Waals surface area contributed by atoms with Crippen LogP contribution in [0.3, 0.4) is 0 Å². The molecule has 1 heteroatoms. The van der Waals surface area contributed by atoms with Crippen LogP contribution in [0.4, 0.5) is 0 Å². The zero-order valence-corrected chi connectivity index (χ0v) is 10.2. The number of benzene rings is 2. The summed E-state index contributed by atoms with van der Waals surface area (Å²) in [6.07, 6.45) is 2.06. The van der Waals surface area contributed by atoms with Crippen LogP contribution in [-0.4, -0.2) is 0 Å². The van der Waals surface area contributed by atoms with Crippen LogP contribution in [0.15, 0.2) is 66.1 Å². The first-order chi connectivity index (χ1) is 8.45. The molecule has 0 radical (unpaired) electrons. The molecule has 0 bridgehead atoms. The van der Waals surface area contributed by atoms with Crippen molar-refractivity contribution < 1.29 is 0 Å². The molecule has 0 heterocycles. The third-order valence-corrected chi connectivity index (χ3v) is 2.65. The Morgan fingerprint density at radius 3 is 2.18 bits per heavy atom. The molecule has 0 saturated carbocycles. The van der Waals surface area contributed by atoms with Crippen molar-refractivity contribution in [1.29, 1.82) is 0 Å². The molecule has 0 spiro atoms. The minimum absolute atomic E-state index is 1.05. The highest BCUT2D eigenvalue weighted by Gasteiger charge is 1.82. The van der Waals surface area contributed by atoms with E-state index in [2.05, 4.69) is 29.4 Å². The Hall–Kier alpha value is -1.91. The van der Waals surface area contributed by atoms with E-state index in [0.29, 0.717) is 0 Å². The lowest BCUT2D eigenvalue weighted by molar-refractivity contribution is 1.65. The summed E-state index contributed by atoms with van der Waals surface area (Å²) in [6.45, 7) is 0. The Morgan fingerprint density at radius 2 is 1.47 bits per heavy atom. The van der Waals surface area contributed by atoms with Crippen molar-refractivity contribution in [3.05, 3.63) is 77.2 Å². The zero-order chi connectivity index (χ0) is 11.8. The van der Waals surface area contributed by atoms with Crippen molar-refractivity contribution in [1.82, 2.24) is 0 Å². The van der Waals surface area contributed by atoms with Crippen LogP contribution >= 0.6 is 11.8 Å². The van der Waals surface area contributed by atoms with Gasteiger partial charge < -0.3 is 0 Å². The normalized spacial score (nSPS) is 9.88. The second-order valence-electron chi connectivity index (χ2n) is 3.42. The maximum atomic E-state index is 3.09.